The molecule has 2 aliphatic rings. The minimum atomic E-state index is 0.527. The van der Waals surface area contributed by atoms with Gasteiger partial charge in [0.2, 0.25) is 0 Å². The summed E-state index contributed by atoms with van der Waals surface area (Å²) in [5.74, 6) is 0. The van der Waals surface area contributed by atoms with Gasteiger partial charge in [0.05, 0.1) is 12.6 Å². The van der Waals surface area contributed by atoms with Crippen LogP contribution in [0.1, 0.15) is 45.6 Å². The molecule has 1 aromatic rings. The molecule has 3 rings (SSSR count). The first-order valence-electron chi connectivity index (χ1n) is 7.44. The molecule has 1 saturated carbocycles. The number of nitrogens with one attached hydrogen (secondary N) is 1. The highest BCUT2D eigenvalue weighted by atomic mass is 35.5. The first kappa shape index (κ1) is 13.5. The first-order valence-corrected chi connectivity index (χ1v) is 7.82. The lowest BCUT2D eigenvalue weighted by Gasteiger charge is -2.37. The first-order chi connectivity index (χ1) is 8.85. The number of hydrogen-bond donors (Lipinski definition) is 1. The molecule has 1 unspecified atom stereocenters. The van der Waals surface area contributed by atoms with Crippen molar-refractivity contribution in [2.45, 2.75) is 52.6 Å². The van der Waals surface area contributed by atoms with Gasteiger partial charge < -0.3 is 4.90 Å². The Labute approximate surface area is 121 Å². The molecule has 0 amide bonds. The van der Waals surface area contributed by atoms with Gasteiger partial charge in [-0.05, 0) is 24.0 Å². The predicted molar refractivity (Wildman–Crippen MR) is 80.5 cm³/mol. The average Bonchev–Trinajstić information content (AvgIpc) is 2.51. The van der Waals surface area contributed by atoms with E-state index in [4.69, 9.17) is 11.6 Å². The molecule has 104 valence electrons. The van der Waals surface area contributed by atoms with Gasteiger partial charge >= 0.3 is 0 Å². The fraction of sp³-hybridized carbons (Fsp3) is 0.647. The highest BCUT2D eigenvalue weighted by Gasteiger charge is 2.52. The van der Waals surface area contributed by atoms with E-state index < -0.39 is 0 Å². The van der Waals surface area contributed by atoms with Gasteiger partial charge in [-0.3, -0.25) is 0 Å². The number of benzene rings is 1. The number of halogens is 1. The van der Waals surface area contributed by atoms with Gasteiger partial charge in [-0.2, -0.15) is 0 Å². The predicted octanol–water partition coefficient (Wildman–Crippen LogP) is 3.32. The summed E-state index contributed by atoms with van der Waals surface area (Å²) in [4.78, 5) is 1.79. The third-order valence-corrected chi connectivity index (χ3v) is 5.27. The summed E-state index contributed by atoms with van der Waals surface area (Å²) in [5.41, 5.74) is 2.52. The maximum absolute atomic E-state index is 5.97. The van der Waals surface area contributed by atoms with E-state index in [9.17, 15) is 0 Å². The van der Waals surface area contributed by atoms with Gasteiger partial charge in [0.25, 0.3) is 0 Å². The quantitative estimate of drug-likeness (QED) is 0.846. The zero-order valence-corrected chi connectivity index (χ0v) is 13.1. The van der Waals surface area contributed by atoms with Gasteiger partial charge in [-0.15, -0.1) is 0 Å². The summed E-state index contributed by atoms with van der Waals surface area (Å²) < 4.78 is 0. The summed E-state index contributed by atoms with van der Waals surface area (Å²) in [6.07, 6.45) is 4.19. The Morgan fingerprint density at radius 3 is 2.53 bits per heavy atom. The lowest BCUT2D eigenvalue weighted by Crippen LogP contribution is -3.12. The minimum Gasteiger partial charge on any atom is -0.328 e. The van der Waals surface area contributed by atoms with Crippen LogP contribution in [0.25, 0.3) is 0 Å². The highest BCUT2D eigenvalue weighted by molar-refractivity contribution is 6.30. The van der Waals surface area contributed by atoms with Crippen LogP contribution in [0.3, 0.4) is 0 Å². The van der Waals surface area contributed by atoms with Crippen LogP contribution in [0.4, 0.5) is 0 Å². The van der Waals surface area contributed by atoms with Gasteiger partial charge in [0.1, 0.15) is 6.54 Å². The van der Waals surface area contributed by atoms with E-state index in [1.165, 1.54) is 31.4 Å². The standard InChI is InChI=1S/C17H24ClN/c1-16(2)8-15-9-17(3,11-16)12-19(15)10-13-4-6-14(18)7-5-13/h4-7,15H,8-12H2,1-3H3/p+1/t15-,17-/m0/s1. The molecule has 2 heteroatoms. The van der Waals surface area contributed by atoms with E-state index >= 15 is 0 Å². The Morgan fingerprint density at radius 2 is 1.84 bits per heavy atom. The van der Waals surface area contributed by atoms with Crippen molar-refractivity contribution in [3.05, 3.63) is 34.9 Å². The molecule has 0 radical (unpaired) electrons. The van der Waals surface area contributed by atoms with Crippen LogP contribution in [0.15, 0.2) is 24.3 Å². The van der Waals surface area contributed by atoms with Gasteiger partial charge in [0.15, 0.2) is 0 Å². The number of hydrogen-bond acceptors (Lipinski definition) is 0. The third-order valence-electron chi connectivity index (χ3n) is 5.02. The molecule has 2 fully saturated rings. The molecule has 0 aromatic heterocycles. The molecule has 1 heterocycles. The van der Waals surface area contributed by atoms with Crippen LogP contribution in [-0.4, -0.2) is 12.6 Å². The second-order valence-electron chi connectivity index (χ2n) is 7.90. The Kier molecular flexibility index (Phi) is 3.18. The zero-order chi connectivity index (χ0) is 13.7. The van der Waals surface area contributed by atoms with Crippen molar-refractivity contribution in [1.82, 2.24) is 0 Å². The molecule has 1 nitrogen and oxygen atoms in total. The van der Waals surface area contributed by atoms with Crippen molar-refractivity contribution in [1.29, 1.82) is 0 Å². The van der Waals surface area contributed by atoms with Crippen molar-refractivity contribution in [2.24, 2.45) is 10.8 Å². The minimum absolute atomic E-state index is 0.527. The van der Waals surface area contributed by atoms with Crippen molar-refractivity contribution >= 4 is 11.6 Å². The number of likely N-dealkylation sites (tertiary alicyclic amines) is 1. The van der Waals surface area contributed by atoms with Crippen LogP contribution < -0.4 is 4.90 Å². The molecule has 1 saturated heterocycles. The second-order valence-corrected chi connectivity index (χ2v) is 8.33. The van der Waals surface area contributed by atoms with Crippen molar-refractivity contribution in [3.63, 3.8) is 0 Å². The summed E-state index contributed by atoms with van der Waals surface area (Å²) in [6.45, 7) is 9.89. The fourth-order valence-electron chi connectivity index (χ4n) is 4.82. The van der Waals surface area contributed by atoms with E-state index in [0.29, 0.717) is 10.8 Å². The molecule has 2 bridgehead atoms. The summed E-state index contributed by atoms with van der Waals surface area (Å²) >= 11 is 5.97. The molecule has 1 N–H and O–H groups in total. The SMILES string of the molecule is CC1(C)C[C@H]2C[C@](C)(C[NH+]2Cc2ccc(Cl)cc2)C1. The number of quaternary nitrogens is 1. The molecule has 1 aromatic carbocycles. The Hall–Kier alpha value is -0.530. The smallest absolute Gasteiger partial charge is 0.103 e. The van der Waals surface area contributed by atoms with Crippen LogP contribution in [0.5, 0.6) is 0 Å². The molecule has 3 atom stereocenters. The number of fused-ring (bicyclic) bond motifs is 2. The maximum Gasteiger partial charge on any atom is 0.103 e. The van der Waals surface area contributed by atoms with Crippen molar-refractivity contribution < 1.29 is 4.90 Å². The lowest BCUT2D eigenvalue weighted by molar-refractivity contribution is -0.928. The van der Waals surface area contributed by atoms with Crippen LogP contribution in [0, 0.1) is 10.8 Å². The van der Waals surface area contributed by atoms with E-state index in [0.717, 1.165) is 17.6 Å². The second kappa shape index (κ2) is 4.49. The molecule has 19 heavy (non-hydrogen) atoms. The molecule has 0 spiro atoms. The van der Waals surface area contributed by atoms with Crippen molar-refractivity contribution in [3.8, 4) is 0 Å². The molecular weight excluding hydrogens is 254 g/mol. The largest absolute Gasteiger partial charge is 0.328 e. The van der Waals surface area contributed by atoms with E-state index in [-0.39, 0.29) is 0 Å². The molecular formula is C17H25ClN+. The Balaban J connectivity index is 1.75. The van der Waals surface area contributed by atoms with Crippen LogP contribution >= 0.6 is 11.6 Å². The van der Waals surface area contributed by atoms with Crippen molar-refractivity contribution in [2.75, 3.05) is 6.54 Å². The lowest BCUT2D eigenvalue weighted by atomic mass is 9.65. The summed E-state index contributed by atoms with van der Waals surface area (Å²) in [7, 11) is 0. The Morgan fingerprint density at radius 1 is 1.16 bits per heavy atom. The van der Waals surface area contributed by atoms with Crippen LogP contribution in [0.2, 0.25) is 5.02 Å². The van der Waals surface area contributed by atoms with Gasteiger partial charge in [-0.25, -0.2) is 0 Å². The fourth-order valence-corrected chi connectivity index (χ4v) is 4.95. The summed E-state index contributed by atoms with van der Waals surface area (Å²) in [5, 5.41) is 0.840. The zero-order valence-electron chi connectivity index (χ0n) is 12.3. The number of rotatable bonds is 2. The van der Waals surface area contributed by atoms with Gasteiger partial charge in [-0.1, -0.05) is 44.5 Å². The maximum atomic E-state index is 5.97. The Bertz CT molecular complexity index is 465. The topological polar surface area (TPSA) is 4.44 Å². The van der Waals surface area contributed by atoms with Crippen LogP contribution in [-0.2, 0) is 6.54 Å². The highest BCUT2D eigenvalue weighted by Crippen LogP contribution is 2.47. The van der Waals surface area contributed by atoms with E-state index in [1.54, 1.807) is 4.90 Å². The molecule has 1 aliphatic heterocycles. The molecule has 1 aliphatic carbocycles. The van der Waals surface area contributed by atoms with E-state index in [1.807, 2.05) is 12.1 Å². The normalized spacial score (nSPS) is 36.4. The average molecular weight is 279 g/mol. The third kappa shape index (κ3) is 2.83. The monoisotopic (exact) mass is 278 g/mol. The van der Waals surface area contributed by atoms with Gasteiger partial charge in [0, 0.05) is 28.8 Å². The summed E-state index contributed by atoms with van der Waals surface area (Å²) in [6, 6.07) is 9.26. The van der Waals surface area contributed by atoms with E-state index in [2.05, 4.69) is 32.9 Å².